The summed E-state index contributed by atoms with van der Waals surface area (Å²) in [6, 6.07) is 0. The van der Waals surface area contributed by atoms with E-state index in [0.717, 1.165) is 12.7 Å². The van der Waals surface area contributed by atoms with Crippen LogP contribution in [0.1, 0.15) is 41.0 Å². The Morgan fingerprint density at radius 2 is 1.57 bits per heavy atom. The first-order valence-corrected chi connectivity index (χ1v) is 10.7. The number of carbonyl (C=O) groups is 1. The fourth-order valence-electron chi connectivity index (χ4n) is 1.72. The summed E-state index contributed by atoms with van der Waals surface area (Å²) in [4.78, 5) is 10.1. The molecule has 0 aliphatic heterocycles. The van der Waals surface area contributed by atoms with Crippen molar-refractivity contribution in [2.24, 2.45) is 5.92 Å². The fraction of sp³-hybridized carbons (Fsp3) is 0.611. The van der Waals surface area contributed by atoms with E-state index in [1.807, 2.05) is 18.2 Å². The Balaban J connectivity index is 4.66. The first-order valence-electron chi connectivity index (χ1n) is 7.78. The van der Waals surface area contributed by atoms with Crippen LogP contribution < -0.4 is 0 Å². The van der Waals surface area contributed by atoms with Crippen molar-refractivity contribution in [3.05, 3.63) is 36.5 Å². The minimum Gasteiger partial charge on any atom is -0.413 e. The number of hydrogen-bond donors (Lipinski definition) is 0. The molecule has 0 aliphatic carbocycles. The van der Waals surface area contributed by atoms with Gasteiger partial charge in [-0.3, -0.25) is 4.79 Å². The molecule has 120 valence electrons. The van der Waals surface area contributed by atoms with E-state index < -0.39 is 8.32 Å². The highest BCUT2D eigenvalue weighted by Gasteiger charge is 2.39. The highest BCUT2D eigenvalue weighted by Crippen LogP contribution is 2.38. The number of aldehydes is 1. The van der Waals surface area contributed by atoms with E-state index in [1.54, 1.807) is 6.08 Å². The minimum absolute atomic E-state index is 0.239. The van der Waals surface area contributed by atoms with E-state index in [-0.39, 0.29) is 11.1 Å². The third-order valence-electron chi connectivity index (χ3n) is 4.18. The van der Waals surface area contributed by atoms with Crippen molar-refractivity contribution in [3.63, 3.8) is 0 Å². The molecule has 0 aliphatic rings. The Bertz CT molecular complexity index is 387. The maximum atomic E-state index is 10.1. The molecule has 2 atom stereocenters. The largest absolute Gasteiger partial charge is 0.413 e. The molecule has 0 spiro atoms. The molecule has 2 nitrogen and oxygen atoms in total. The smallest absolute Gasteiger partial charge is 0.192 e. The quantitative estimate of drug-likeness (QED) is 0.263. The van der Waals surface area contributed by atoms with Gasteiger partial charge in [-0.25, -0.2) is 0 Å². The second-order valence-corrected chi connectivity index (χ2v) is 11.7. The Morgan fingerprint density at radius 1 is 1.05 bits per heavy atom. The lowest BCUT2D eigenvalue weighted by Crippen LogP contribution is -2.45. The molecular formula is C18H32O2Si. The van der Waals surface area contributed by atoms with E-state index in [0.29, 0.717) is 5.92 Å². The van der Waals surface area contributed by atoms with Gasteiger partial charge in [0.15, 0.2) is 8.32 Å². The van der Waals surface area contributed by atoms with Crippen LogP contribution in [0.3, 0.4) is 0 Å². The van der Waals surface area contributed by atoms with Crippen molar-refractivity contribution in [1.82, 2.24) is 0 Å². The van der Waals surface area contributed by atoms with E-state index in [9.17, 15) is 4.79 Å². The summed E-state index contributed by atoms with van der Waals surface area (Å²) < 4.78 is 6.51. The standard InChI is InChI=1S/C18H32O2Si/c1-8-17(20-21(6,7)18(3,4)5)16(2)14-12-10-9-11-13-15-19/h9-17H,8H2,1-7H3/b10-9+,13-11+,14-12+/t16-,17-/m0/s1. The van der Waals surface area contributed by atoms with Gasteiger partial charge in [0, 0.05) is 0 Å². The first kappa shape index (κ1) is 20.1. The van der Waals surface area contributed by atoms with Crippen LogP contribution in [0.15, 0.2) is 36.5 Å². The van der Waals surface area contributed by atoms with Gasteiger partial charge in [0.25, 0.3) is 0 Å². The molecule has 0 aromatic rings. The second kappa shape index (κ2) is 9.16. The van der Waals surface area contributed by atoms with Gasteiger partial charge in [-0.15, -0.1) is 0 Å². The topological polar surface area (TPSA) is 26.3 Å². The van der Waals surface area contributed by atoms with Crippen molar-refractivity contribution >= 4 is 14.6 Å². The molecular weight excluding hydrogens is 276 g/mol. The van der Waals surface area contributed by atoms with Crippen molar-refractivity contribution in [1.29, 1.82) is 0 Å². The summed E-state index contributed by atoms with van der Waals surface area (Å²) in [6.07, 6.45) is 13.3. The Labute approximate surface area is 132 Å². The summed E-state index contributed by atoms with van der Waals surface area (Å²) in [6.45, 7) is 15.8. The molecule has 0 unspecified atom stereocenters. The van der Waals surface area contributed by atoms with Crippen LogP contribution in [0, 0.1) is 5.92 Å². The highest BCUT2D eigenvalue weighted by atomic mass is 28.4. The molecule has 0 saturated carbocycles. The SMILES string of the molecule is CC[C@H](O[Si](C)(C)C(C)(C)C)[C@@H](C)/C=C/C=C/C=C/C=O. The maximum Gasteiger partial charge on any atom is 0.192 e. The summed E-state index contributed by atoms with van der Waals surface area (Å²) in [5.41, 5.74) is 0. The van der Waals surface area contributed by atoms with Crippen LogP contribution >= 0.6 is 0 Å². The molecule has 0 radical (unpaired) electrons. The van der Waals surface area contributed by atoms with Gasteiger partial charge < -0.3 is 4.43 Å². The zero-order valence-corrected chi connectivity index (χ0v) is 15.7. The van der Waals surface area contributed by atoms with E-state index >= 15 is 0 Å². The number of carbonyl (C=O) groups excluding carboxylic acids is 1. The fourth-order valence-corrected chi connectivity index (χ4v) is 3.21. The van der Waals surface area contributed by atoms with Gasteiger partial charge in [0.2, 0.25) is 0 Å². The lowest BCUT2D eigenvalue weighted by atomic mass is 10.0. The molecule has 0 aromatic heterocycles. The monoisotopic (exact) mass is 308 g/mol. The van der Waals surface area contributed by atoms with Gasteiger partial charge in [-0.2, -0.15) is 0 Å². The summed E-state index contributed by atoms with van der Waals surface area (Å²) in [5.74, 6) is 0.379. The summed E-state index contributed by atoms with van der Waals surface area (Å²) in [5, 5.41) is 0.239. The van der Waals surface area contributed by atoms with Crippen LogP contribution in [0.25, 0.3) is 0 Å². The van der Waals surface area contributed by atoms with Crippen LogP contribution in [0.5, 0.6) is 0 Å². The lowest BCUT2D eigenvalue weighted by molar-refractivity contribution is -0.104. The second-order valence-electron chi connectivity index (χ2n) is 6.97. The number of hydrogen-bond acceptors (Lipinski definition) is 2. The maximum absolute atomic E-state index is 10.1. The lowest BCUT2D eigenvalue weighted by Gasteiger charge is -2.40. The zero-order chi connectivity index (χ0) is 16.5. The third kappa shape index (κ3) is 7.58. The Morgan fingerprint density at radius 3 is 2.05 bits per heavy atom. The van der Waals surface area contributed by atoms with Crippen molar-refractivity contribution in [2.75, 3.05) is 0 Å². The van der Waals surface area contributed by atoms with Crippen LogP contribution in [0.4, 0.5) is 0 Å². The van der Waals surface area contributed by atoms with E-state index in [4.69, 9.17) is 4.43 Å². The molecule has 0 aromatic carbocycles. The van der Waals surface area contributed by atoms with Gasteiger partial charge in [-0.1, -0.05) is 65.0 Å². The van der Waals surface area contributed by atoms with Gasteiger partial charge >= 0.3 is 0 Å². The van der Waals surface area contributed by atoms with E-state index in [2.05, 4.69) is 53.8 Å². The van der Waals surface area contributed by atoms with Gasteiger partial charge in [0.05, 0.1) is 6.10 Å². The van der Waals surface area contributed by atoms with Gasteiger partial charge in [-0.05, 0) is 36.5 Å². The van der Waals surface area contributed by atoms with Crippen LogP contribution in [-0.4, -0.2) is 20.7 Å². The molecule has 0 N–H and O–H groups in total. The zero-order valence-electron chi connectivity index (χ0n) is 14.7. The number of allylic oxidation sites excluding steroid dienone is 5. The molecule has 0 saturated heterocycles. The number of rotatable bonds is 8. The predicted molar refractivity (Wildman–Crippen MR) is 95.0 cm³/mol. The van der Waals surface area contributed by atoms with Crippen molar-refractivity contribution in [2.45, 2.75) is 65.3 Å². The molecule has 0 bridgehead atoms. The molecule has 21 heavy (non-hydrogen) atoms. The Kier molecular flexibility index (Phi) is 8.75. The molecule has 3 heteroatoms. The molecule has 0 amide bonds. The van der Waals surface area contributed by atoms with Gasteiger partial charge in [0.1, 0.15) is 6.29 Å². The minimum atomic E-state index is -1.72. The van der Waals surface area contributed by atoms with Crippen LogP contribution in [0.2, 0.25) is 18.1 Å². The summed E-state index contributed by atoms with van der Waals surface area (Å²) in [7, 11) is -1.72. The van der Waals surface area contributed by atoms with Crippen molar-refractivity contribution < 1.29 is 9.22 Å². The average Bonchev–Trinajstić information content (AvgIpc) is 2.38. The van der Waals surface area contributed by atoms with Crippen LogP contribution in [-0.2, 0) is 9.22 Å². The van der Waals surface area contributed by atoms with Crippen molar-refractivity contribution in [3.8, 4) is 0 Å². The normalized spacial score (nSPS) is 16.9. The molecule has 0 fully saturated rings. The molecule has 0 heterocycles. The highest BCUT2D eigenvalue weighted by molar-refractivity contribution is 6.74. The first-order chi connectivity index (χ1) is 9.65. The average molecular weight is 309 g/mol. The van der Waals surface area contributed by atoms with E-state index in [1.165, 1.54) is 6.08 Å². The third-order valence-corrected chi connectivity index (χ3v) is 8.68. The summed E-state index contributed by atoms with van der Waals surface area (Å²) >= 11 is 0. The Hall–Kier alpha value is -0.933. The predicted octanol–water partition coefficient (Wildman–Crippen LogP) is 5.29. The molecule has 0 rings (SSSR count).